The minimum Gasteiger partial charge on any atom is -0.467 e. The fourth-order valence-corrected chi connectivity index (χ4v) is 4.05. The van der Waals surface area contributed by atoms with E-state index in [1.54, 1.807) is 36.6 Å². The number of nitrogens with zero attached hydrogens (tertiary/aromatic N) is 2. The Balaban J connectivity index is 1.35. The molecule has 1 aliphatic heterocycles. The Morgan fingerprint density at radius 2 is 1.97 bits per heavy atom. The molecule has 0 unspecified atom stereocenters. The first-order valence-corrected chi connectivity index (χ1v) is 11.6. The zero-order chi connectivity index (χ0) is 23.9. The highest BCUT2D eigenvalue weighted by Crippen LogP contribution is 2.26. The number of hydrogen-bond acceptors (Lipinski definition) is 6. The van der Waals surface area contributed by atoms with Gasteiger partial charge in [0.1, 0.15) is 24.3 Å². The number of aliphatic hydroxyl groups excluding tert-OH is 1. The average Bonchev–Trinajstić information content (AvgIpc) is 3.50. The van der Waals surface area contributed by atoms with Crippen molar-refractivity contribution in [3.05, 3.63) is 93.6 Å². The minimum absolute atomic E-state index is 0.150. The van der Waals surface area contributed by atoms with E-state index < -0.39 is 6.10 Å². The van der Waals surface area contributed by atoms with Gasteiger partial charge >= 0.3 is 0 Å². The molecule has 1 aromatic heterocycles. The molecule has 34 heavy (non-hydrogen) atoms. The molecule has 0 radical (unpaired) electrons. The molecule has 0 aliphatic carbocycles. The molecule has 0 amide bonds. The van der Waals surface area contributed by atoms with Crippen LogP contribution in [0.5, 0.6) is 0 Å². The first kappa shape index (κ1) is 24.7. The van der Waals surface area contributed by atoms with Gasteiger partial charge in [0, 0.05) is 31.6 Å². The summed E-state index contributed by atoms with van der Waals surface area (Å²) in [6.45, 7) is 1.81. The van der Waals surface area contributed by atoms with Crippen molar-refractivity contribution in [3.8, 4) is 0 Å². The van der Waals surface area contributed by atoms with Crippen molar-refractivity contribution in [1.29, 1.82) is 0 Å². The molecule has 1 aliphatic rings. The smallest absolute Gasteiger partial charge is 0.145 e. The summed E-state index contributed by atoms with van der Waals surface area (Å²) >= 11 is 12.2. The Morgan fingerprint density at radius 3 is 2.71 bits per heavy atom. The van der Waals surface area contributed by atoms with Gasteiger partial charge in [0.25, 0.3) is 0 Å². The Hall–Kier alpha value is -2.42. The highest BCUT2D eigenvalue weighted by molar-refractivity contribution is 6.42. The van der Waals surface area contributed by atoms with Crippen LogP contribution in [0.2, 0.25) is 10.0 Å². The van der Waals surface area contributed by atoms with Gasteiger partial charge in [-0.1, -0.05) is 46.6 Å². The van der Waals surface area contributed by atoms with Crippen LogP contribution in [0.3, 0.4) is 0 Å². The largest absolute Gasteiger partial charge is 0.467 e. The molecule has 9 heteroatoms. The molecule has 1 N–H and O–H groups in total. The second-order valence-electron chi connectivity index (χ2n) is 8.17. The van der Waals surface area contributed by atoms with Gasteiger partial charge in [-0.05, 0) is 42.0 Å². The average molecular weight is 507 g/mol. The zero-order valence-corrected chi connectivity index (χ0v) is 19.9. The maximum Gasteiger partial charge on any atom is 0.145 e. The number of benzene rings is 2. The molecule has 2 heterocycles. The number of rotatable bonds is 11. The molecule has 6 nitrogen and oxygen atoms in total. The molecule has 2 atom stereocenters. The topological polar surface area (TPSA) is 67.4 Å². The predicted octanol–water partition coefficient (Wildman–Crippen LogP) is 5.30. The predicted molar refractivity (Wildman–Crippen MR) is 129 cm³/mol. The van der Waals surface area contributed by atoms with Crippen LogP contribution < -0.4 is 0 Å². The molecule has 0 saturated carbocycles. The van der Waals surface area contributed by atoms with Gasteiger partial charge in [-0.2, -0.15) is 0 Å². The van der Waals surface area contributed by atoms with E-state index in [0.29, 0.717) is 41.9 Å². The number of oxime groups is 1. The second-order valence-corrected chi connectivity index (χ2v) is 8.98. The lowest BCUT2D eigenvalue weighted by Crippen LogP contribution is -2.39. The Kier molecular flexibility index (Phi) is 8.59. The third-order valence-corrected chi connectivity index (χ3v) is 6.11. The third-order valence-electron chi connectivity index (χ3n) is 5.37. The molecule has 2 aromatic carbocycles. The Labute approximate surface area is 207 Å². The molecule has 0 fully saturated rings. The van der Waals surface area contributed by atoms with Gasteiger partial charge in [-0.3, -0.25) is 4.90 Å². The van der Waals surface area contributed by atoms with Crippen molar-refractivity contribution in [3.63, 3.8) is 0 Å². The van der Waals surface area contributed by atoms with Crippen LogP contribution >= 0.6 is 23.2 Å². The van der Waals surface area contributed by atoms with E-state index >= 15 is 0 Å². The van der Waals surface area contributed by atoms with Gasteiger partial charge in [0.2, 0.25) is 0 Å². The first-order chi connectivity index (χ1) is 16.5. The van der Waals surface area contributed by atoms with Crippen LogP contribution in [-0.4, -0.2) is 47.6 Å². The van der Waals surface area contributed by atoms with Crippen molar-refractivity contribution >= 4 is 28.9 Å². The van der Waals surface area contributed by atoms with E-state index in [1.807, 2.05) is 17.0 Å². The van der Waals surface area contributed by atoms with Gasteiger partial charge < -0.3 is 19.1 Å². The molecule has 0 spiro atoms. The normalized spacial score (nSPS) is 16.5. The van der Waals surface area contributed by atoms with E-state index in [1.165, 1.54) is 12.1 Å². The third kappa shape index (κ3) is 7.04. The summed E-state index contributed by atoms with van der Waals surface area (Å²) in [5.41, 5.74) is 2.56. The maximum absolute atomic E-state index is 13.3. The second kappa shape index (κ2) is 11.8. The standard InChI is InChI=1S/C25H25Cl2FN2O4/c26-23-8-5-18(10-24(23)27)25-11-22(34-29-25)14-30(12-17-3-6-19(28)7-4-17)13-20(31)15-32-16-21-2-1-9-33-21/h1-10,20,22,31H,11-16H2/t20-,22-/m1/s1. The molecule has 0 saturated heterocycles. The molecular weight excluding hydrogens is 482 g/mol. The number of hydrogen-bond donors (Lipinski definition) is 1. The minimum atomic E-state index is -0.729. The summed E-state index contributed by atoms with van der Waals surface area (Å²) in [5, 5.41) is 15.7. The van der Waals surface area contributed by atoms with E-state index in [2.05, 4.69) is 5.16 Å². The highest BCUT2D eigenvalue weighted by atomic mass is 35.5. The van der Waals surface area contributed by atoms with Crippen LogP contribution in [0, 0.1) is 5.82 Å². The molecule has 180 valence electrons. The monoisotopic (exact) mass is 506 g/mol. The Bertz CT molecular complexity index is 1090. The van der Waals surface area contributed by atoms with Gasteiger partial charge in [0.15, 0.2) is 0 Å². The van der Waals surface area contributed by atoms with Gasteiger partial charge in [0.05, 0.1) is 34.7 Å². The van der Waals surface area contributed by atoms with Crippen LogP contribution in [-0.2, 0) is 22.7 Å². The van der Waals surface area contributed by atoms with E-state index in [0.717, 1.165) is 16.8 Å². The summed E-state index contributed by atoms with van der Waals surface area (Å²) in [5.74, 6) is 0.405. The molecule has 3 aromatic rings. The summed E-state index contributed by atoms with van der Waals surface area (Å²) in [4.78, 5) is 7.72. The first-order valence-electron chi connectivity index (χ1n) is 10.9. The number of halogens is 3. The van der Waals surface area contributed by atoms with Crippen LogP contribution in [0.4, 0.5) is 4.39 Å². The summed E-state index contributed by atoms with van der Waals surface area (Å²) in [6, 6.07) is 15.3. The summed E-state index contributed by atoms with van der Waals surface area (Å²) < 4.78 is 24.2. The van der Waals surface area contributed by atoms with E-state index in [9.17, 15) is 9.50 Å². The zero-order valence-electron chi connectivity index (χ0n) is 18.4. The van der Waals surface area contributed by atoms with Crippen molar-refractivity contribution in [1.82, 2.24) is 4.90 Å². The highest BCUT2D eigenvalue weighted by Gasteiger charge is 2.26. The number of aliphatic hydroxyl groups is 1. The van der Waals surface area contributed by atoms with Crippen LogP contribution in [0.15, 0.2) is 70.4 Å². The van der Waals surface area contributed by atoms with E-state index in [-0.39, 0.29) is 25.1 Å². The maximum atomic E-state index is 13.3. The quantitative estimate of drug-likeness (QED) is 0.382. The fraction of sp³-hybridized carbons (Fsp3) is 0.320. The molecule has 4 rings (SSSR count). The van der Waals surface area contributed by atoms with E-state index in [4.69, 9.17) is 37.2 Å². The van der Waals surface area contributed by atoms with Crippen molar-refractivity contribution in [2.75, 3.05) is 19.7 Å². The van der Waals surface area contributed by atoms with Crippen LogP contribution in [0.25, 0.3) is 0 Å². The number of ether oxygens (including phenoxy) is 1. The molecule has 0 bridgehead atoms. The lowest BCUT2D eigenvalue weighted by Gasteiger charge is -2.27. The summed E-state index contributed by atoms with van der Waals surface area (Å²) in [7, 11) is 0. The van der Waals surface area contributed by atoms with Crippen molar-refractivity contribution < 1.29 is 23.5 Å². The SMILES string of the molecule is O[C@@H](COCc1ccco1)CN(Cc1ccc(F)cc1)C[C@H]1CC(c2ccc(Cl)c(Cl)c2)=NO1. The lowest BCUT2D eigenvalue weighted by molar-refractivity contribution is -0.00956. The van der Waals surface area contributed by atoms with Crippen molar-refractivity contribution in [2.45, 2.75) is 31.8 Å². The number of furan rings is 1. The fourth-order valence-electron chi connectivity index (χ4n) is 3.75. The van der Waals surface area contributed by atoms with Gasteiger partial charge in [-0.15, -0.1) is 0 Å². The van der Waals surface area contributed by atoms with Gasteiger partial charge in [-0.25, -0.2) is 4.39 Å². The Morgan fingerprint density at radius 1 is 1.15 bits per heavy atom. The lowest BCUT2D eigenvalue weighted by atomic mass is 10.0. The van der Waals surface area contributed by atoms with Crippen LogP contribution in [0.1, 0.15) is 23.3 Å². The molecular formula is C25H25Cl2FN2O4. The van der Waals surface area contributed by atoms with Crippen molar-refractivity contribution in [2.24, 2.45) is 5.16 Å². The summed E-state index contributed by atoms with van der Waals surface area (Å²) in [6.07, 6.45) is 1.23.